The Labute approximate surface area is 119 Å². The first-order valence-corrected chi connectivity index (χ1v) is 6.47. The zero-order chi connectivity index (χ0) is 15.0. The van der Waals surface area contributed by atoms with Crippen molar-refractivity contribution < 1.29 is 19.1 Å². The molecule has 1 aromatic rings. The van der Waals surface area contributed by atoms with E-state index in [0.717, 1.165) is 5.56 Å². The summed E-state index contributed by atoms with van der Waals surface area (Å²) in [5, 5.41) is 2.46. The number of alkyl carbamates (subject to hydrolysis) is 1. The highest BCUT2D eigenvalue weighted by atomic mass is 16.6. The van der Waals surface area contributed by atoms with Gasteiger partial charge in [-0.05, 0) is 26.3 Å². The molecule has 0 saturated carbocycles. The summed E-state index contributed by atoms with van der Waals surface area (Å²) in [6.45, 7) is 5.77. The van der Waals surface area contributed by atoms with Crippen LogP contribution in [0.3, 0.4) is 0 Å². The Kier molecular flexibility index (Phi) is 6.18. The molecule has 20 heavy (non-hydrogen) atoms. The van der Waals surface area contributed by atoms with Crippen LogP contribution in [-0.4, -0.2) is 30.6 Å². The predicted octanol–water partition coefficient (Wildman–Crippen LogP) is 2.30. The third-order valence-corrected chi connectivity index (χ3v) is 2.28. The number of carbonyl (C=O) groups excluding carboxylic acids is 2. The number of benzene rings is 1. The highest BCUT2D eigenvalue weighted by Crippen LogP contribution is 2.07. The Balaban J connectivity index is 2.33. The van der Waals surface area contributed by atoms with E-state index in [1.807, 2.05) is 30.3 Å². The van der Waals surface area contributed by atoms with E-state index in [1.165, 1.54) is 0 Å². The van der Waals surface area contributed by atoms with Crippen molar-refractivity contribution in [1.29, 1.82) is 0 Å². The molecule has 0 unspecified atom stereocenters. The van der Waals surface area contributed by atoms with Crippen molar-refractivity contribution in [3.63, 3.8) is 0 Å². The van der Waals surface area contributed by atoms with Crippen LogP contribution in [0.25, 0.3) is 0 Å². The molecule has 1 N–H and O–H groups in total. The topological polar surface area (TPSA) is 64.6 Å². The number of ether oxygens (including phenoxy) is 2. The van der Waals surface area contributed by atoms with Crippen molar-refractivity contribution in [2.75, 3.05) is 6.61 Å². The second-order valence-corrected chi connectivity index (χ2v) is 5.39. The maximum absolute atomic E-state index is 11.5. The van der Waals surface area contributed by atoms with Gasteiger partial charge in [0, 0.05) is 0 Å². The number of hydrogen-bond donors (Lipinski definition) is 1. The Hall–Kier alpha value is -1.88. The summed E-state index contributed by atoms with van der Waals surface area (Å²) in [7, 11) is 0. The number of hydrogen-bond acceptors (Lipinski definition) is 4. The molecule has 0 aliphatic rings. The van der Waals surface area contributed by atoms with Gasteiger partial charge in [-0.25, -0.2) is 4.79 Å². The predicted molar refractivity (Wildman–Crippen MR) is 75.3 cm³/mol. The van der Waals surface area contributed by atoms with E-state index in [2.05, 4.69) is 5.32 Å². The summed E-state index contributed by atoms with van der Waals surface area (Å²) in [4.78, 5) is 22.4. The number of carbonyl (C=O) groups is 2. The molecule has 1 aromatic carbocycles. The van der Waals surface area contributed by atoms with Crippen LogP contribution in [0.1, 0.15) is 26.3 Å². The number of amides is 1. The molecule has 1 rings (SSSR count). The molecule has 0 radical (unpaired) electrons. The van der Waals surface area contributed by atoms with E-state index < -0.39 is 17.7 Å². The van der Waals surface area contributed by atoms with Crippen molar-refractivity contribution in [3.8, 4) is 0 Å². The molecule has 0 aromatic heterocycles. The fraction of sp³-hybridized carbons (Fsp3) is 0.467. The lowest BCUT2D eigenvalue weighted by Gasteiger charge is -2.21. The third-order valence-electron chi connectivity index (χ3n) is 2.28. The van der Waals surface area contributed by atoms with E-state index >= 15 is 0 Å². The Morgan fingerprint density at radius 1 is 1.30 bits per heavy atom. The van der Waals surface area contributed by atoms with Gasteiger partial charge >= 0.3 is 6.09 Å². The molecule has 0 fully saturated rings. The van der Waals surface area contributed by atoms with Gasteiger partial charge in [0.15, 0.2) is 0 Å². The molecule has 1 amide bonds. The molecule has 5 heteroatoms. The largest absolute Gasteiger partial charge is 0.444 e. The second kappa shape index (κ2) is 7.65. The normalized spacial score (nSPS) is 12.6. The zero-order valence-electron chi connectivity index (χ0n) is 12.1. The summed E-state index contributed by atoms with van der Waals surface area (Å²) in [5.41, 5.74) is 0.414. The van der Waals surface area contributed by atoms with Crippen LogP contribution in [-0.2, 0) is 20.9 Å². The average molecular weight is 279 g/mol. The fourth-order valence-electron chi connectivity index (χ4n) is 1.45. The van der Waals surface area contributed by atoms with Gasteiger partial charge in [0.1, 0.15) is 17.9 Å². The van der Waals surface area contributed by atoms with Gasteiger partial charge in [0.25, 0.3) is 0 Å². The van der Waals surface area contributed by atoms with Gasteiger partial charge in [-0.2, -0.15) is 0 Å². The SMILES string of the molecule is CC(C)(C)OC(=O)N[C@H](C=O)COCc1ccccc1. The minimum absolute atomic E-state index is 0.109. The number of rotatable bonds is 6. The fourth-order valence-corrected chi connectivity index (χ4v) is 1.45. The van der Waals surface area contributed by atoms with E-state index in [1.54, 1.807) is 20.8 Å². The van der Waals surface area contributed by atoms with Crippen LogP contribution in [0.5, 0.6) is 0 Å². The van der Waals surface area contributed by atoms with Crippen LogP contribution < -0.4 is 5.32 Å². The van der Waals surface area contributed by atoms with Crippen LogP contribution in [0.15, 0.2) is 30.3 Å². The van der Waals surface area contributed by atoms with Gasteiger partial charge in [0.2, 0.25) is 0 Å². The Bertz CT molecular complexity index is 425. The standard InChI is InChI=1S/C15H21NO4/c1-15(2,3)20-14(18)16-13(9-17)11-19-10-12-7-5-4-6-8-12/h4-9,13H,10-11H2,1-3H3,(H,16,18)/t13-/m1/s1. The van der Waals surface area contributed by atoms with Crippen molar-refractivity contribution in [2.45, 2.75) is 39.0 Å². The molecular weight excluding hydrogens is 258 g/mol. The van der Waals surface area contributed by atoms with E-state index in [0.29, 0.717) is 12.9 Å². The highest BCUT2D eigenvalue weighted by Gasteiger charge is 2.19. The van der Waals surface area contributed by atoms with Gasteiger partial charge in [-0.1, -0.05) is 30.3 Å². The van der Waals surface area contributed by atoms with Crippen molar-refractivity contribution >= 4 is 12.4 Å². The highest BCUT2D eigenvalue weighted by molar-refractivity contribution is 5.73. The van der Waals surface area contributed by atoms with Crippen molar-refractivity contribution in [2.24, 2.45) is 0 Å². The van der Waals surface area contributed by atoms with E-state index in [-0.39, 0.29) is 6.61 Å². The van der Waals surface area contributed by atoms with Crippen LogP contribution >= 0.6 is 0 Å². The van der Waals surface area contributed by atoms with Crippen LogP contribution in [0, 0.1) is 0 Å². The molecule has 0 saturated heterocycles. The molecule has 0 heterocycles. The van der Waals surface area contributed by atoms with Crippen molar-refractivity contribution in [3.05, 3.63) is 35.9 Å². The number of nitrogens with one attached hydrogen (secondary N) is 1. The number of aldehydes is 1. The van der Waals surface area contributed by atoms with Gasteiger partial charge in [-0.15, -0.1) is 0 Å². The molecule has 5 nitrogen and oxygen atoms in total. The maximum atomic E-state index is 11.5. The van der Waals surface area contributed by atoms with Crippen molar-refractivity contribution in [1.82, 2.24) is 5.32 Å². The molecule has 0 bridgehead atoms. The lowest BCUT2D eigenvalue weighted by atomic mass is 10.2. The van der Waals surface area contributed by atoms with Gasteiger partial charge < -0.3 is 19.6 Å². The zero-order valence-corrected chi connectivity index (χ0v) is 12.1. The molecule has 110 valence electrons. The Morgan fingerprint density at radius 3 is 2.50 bits per heavy atom. The van der Waals surface area contributed by atoms with Gasteiger partial charge in [-0.3, -0.25) is 0 Å². The summed E-state index contributed by atoms with van der Waals surface area (Å²) < 4.78 is 10.5. The maximum Gasteiger partial charge on any atom is 0.408 e. The quantitative estimate of drug-likeness (QED) is 0.811. The summed E-state index contributed by atoms with van der Waals surface area (Å²) >= 11 is 0. The van der Waals surface area contributed by atoms with E-state index in [4.69, 9.17) is 9.47 Å². The smallest absolute Gasteiger partial charge is 0.408 e. The lowest BCUT2D eigenvalue weighted by Crippen LogP contribution is -2.42. The summed E-state index contributed by atoms with van der Waals surface area (Å²) in [6, 6.07) is 8.88. The first kappa shape index (κ1) is 16.2. The average Bonchev–Trinajstić information content (AvgIpc) is 2.36. The first-order valence-electron chi connectivity index (χ1n) is 6.47. The molecule has 0 aliphatic heterocycles. The third kappa shape index (κ3) is 6.89. The minimum Gasteiger partial charge on any atom is -0.444 e. The lowest BCUT2D eigenvalue weighted by molar-refractivity contribution is -0.111. The van der Waals surface area contributed by atoms with Gasteiger partial charge in [0.05, 0.1) is 13.2 Å². The van der Waals surface area contributed by atoms with Crippen LogP contribution in [0.2, 0.25) is 0 Å². The minimum atomic E-state index is -0.714. The van der Waals surface area contributed by atoms with Crippen LogP contribution in [0.4, 0.5) is 4.79 Å². The van der Waals surface area contributed by atoms with E-state index in [9.17, 15) is 9.59 Å². The molecular formula is C15H21NO4. The Morgan fingerprint density at radius 2 is 1.95 bits per heavy atom. The monoisotopic (exact) mass is 279 g/mol. The first-order chi connectivity index (χ1) is 9.40. The summed E-state index contributed by atoms with van der Waals surface area (Å²) in [5.74, 6) is 0. The second-order valence-electron chi connectivity index (χ2n) is 5.39. The molecule has 0 aliphatic carbocycles. The molecule has 1 atom stereocenters. The molecule has 0 spiro atoms. The summed E-state index contributed by atoms with van der Waals surface area (Å²) in [6.07, 6.45) is 0.00691.